The molecule has 16 heteroatoms. The van der Waals surface area contributed by atoms with E-state index in [9.17, 15) is 33.8 Å². The number of aliphatic hydroxyl groups excluding tert-OH is 2. The van der Waals surface area contributed by atoms with Gasteiger partial charge < -0.3 is 34.4 Å². The molecule has 54 heavy (non-hydrogen) atoms. The van der Waals surface area contributed by atoms with Gasteiger partial charge in [0.25, 0.3) is 0 Å². The van der Waals surface area contributed by atoms with Gasteiger partial charge in [0.05, 0.1) is 25.9 Å². The summed E-state index contributed by atoms with van der Waals surface area (Å²) in [5.74, 6) is -0.443. The Balaban J connectivity index is 4.62. The molecule has 0 aliphatic carbocycles. The van der Waals surface area contributed by atoms with Crippen molar-refractivity contribution in [1.82, 2.24) is 0 Å². The zero-order valence-electron chi connectivity index (χ0n) is 32.6. The van der Waals surface area contributed by atoms with Crippen LogP contribution in [0.1, 0.15) is 130 Å². The van der Waals surface area contributed by atoms with E-state index in [0.29, 0.717) is 25.2 Å². The van der Waals surface area contributed by atoms with Crippen molar-refractivity contribution < 1.29 is 66.7 Å². The van der Waals surface area contributed by atoms with Crippen molar-refractivity contribution in [3.63, 3.8) is 0 Å². The summed E-state index contributed by atoms with van der Waals surface area (Å²) in [6.45, 7) is 3.40. The third-order valence-corrected chi connectivity index (χ3v) is 9.09. The molecular weight excluding hydrogens is 742 g/mol. The molecule has 0 heterocycles. The van der Waals surface area contributed by atoms with Gasteiger partial charge in [0.15, 0.2) is 6.10 Å². The summed E-state index contributed by atoms with van der Waals surface area (Å²) >= 11 is 0. The fraction of sp³-hybridized carbons (Fsp3) is 0.737. The number of ether oxygens (including phenoxy) is 2. The highest BCUT2D eigenvalue weighted by atomic mass is 31.2. The normalized spacial score (nSPS) is 15.4. The van der Waals surface area contributed by atoms with E-state index >= 15 is 0 Å². The predicted molar refractivity (Wildman–Crippen MR) is 208 cm³/mol. The molecule has 0 saturated heterocycles. The van der Waals surface area contributed by atoms with Crippen LogP contribution in [0.25, 0.3) is 0 Å². The van der Waals surface area contributed by atoms with Gasteiger partial charge in [-0.25, -0.2) is 9.13 Å². The first-order valence-corrected chi connectivity index (χ1v) is 22.2. The smallest absolute Gasteiger partial charge is 0.462 e. The second-order valence-electron chi connectivity index (χ2n) is 13.6. The standard InChI is InChI=1S/C38H68O14P2/c1-33(2)25-21-17-15-16-20-24-28-38(42)52-36(32-51-54(46,47)50-30-35(40)29-49-53(43,44)45)31-48-37(41)27-23-19-14-12-10-8-6-4-5-7-9-11-13-18-22-26-34(3)39/h5-8,11-14,33-36,39-40H,4,9-10,15-32H2,1-3H3,(H,46,47)(H2,43,44,45)/b7-5-,8-6-,13-11-,14-12-/t34-,35+,36-/m1/s1. The summed E-state index contributed by atoms with van der Waals surface area (Å²) in [6, 6.07) is 0. The Morgan fingerprint density at radius 3 is 1.65 bits per heavy atom. The number of phosphoric ester groups is 2. The van der Waals surface area contributed by atoms with Crippen molar-refractivity contribution in [1.29, 1.82) is 0 Å². The molecule has 0 fully saturated rings. The molecule has 0 bridgehead atoms. The van der Waals surface area contributed by atoms with Crippen LogP contribution in [0.5, 0.6) is 0 Å². The molecule has 1 unspecified atom stereocenters. The minimum atomic E-state index is -4.87. The van der Waals surface area contributed by atoms with Crippen LogP contribution in [-0.2, 0) is 41.8 Å². The molecule has 4 atom stereocenters. The Labute approximate surface area is 322 Å². The number of rotatable bonds is 35. The Kier molecular flexibility index (Phi) is 32.0. The van der Waals surface area contributed by atoms with Crippen LogP contribution in [0.4, 0.5) is 0 Å². The first-order valence-electron chi connectivity index (χ1n) is 19.2. The van der Waals surface area contributed by atoms with Crippen molar-refractivity contribution in [3.05, 3.63) is 48.6 Å². The predicted octanol–water partition coefficient (Wildman–Crippen LogP) is 7.94. The molecule has 0 spiro atoms. The van der Waals surface area contributed by atoms with Gasteiger partial charge in [0.1, 0.15) is 12.7 Å². The average molecular weight is 811 g/mol. The van der Waals surface area contributed by atoms with Gasteiger partial charge in [-0.2, -0.15) is 0 Å². The number of hydrogen-bond acceptors (Lipinski definition) is 11. The van der Waals surface area contributed by atoms with Crippen molar-refractivity contribution in [2.24, 2.45) is 5.92 Å². The van der Waals surface area contributed by atoms with Crippen LogP contribution in [0.15, 0.2) is 48.6 Å². The Bertz CT molecular complexity index is 1180. The maximum atomic E-state index is 12.5. The fourth-order valence-corrected chi connectivity index (χ4v) is 5.87. The number of esters is 2. The molecule has 0 saturated carbocycles. The summed E-state index contributed by atoms with van der Waals surface area (Å²) in [5.41, 5.74) is 0. The van der Waals surface area contributed by atoms with Gasteiger partial charge in [-0.1, -0.05) is 101 Å². The van der Waals surface area contributed by atoms with Crippen LogP contribution in [-0.4, -0.2) is 81.6 Å². The third kappa shape index (κ3) is 38.3. The Morgan fingerprint density at radius 2 is 1.07 bits per heavy atom. The molecular formula is C38H68O14P2. The van der Waals surface area contributed by atoms with Crippen molar-refractivity contribution in [2.75, 3.05) is 26.4 Å². The number of unbranched alkanes of at least 4 members (excludes halogenated alkanes) is 7. The zero-order valence-corrected chi connectivity index (χ0v) is 34.4. The summed E-state index contributed by atoms with van der Waals surface area (Å²) in [4.78, 5) is 52.4. The number of hydrogen-bond donors (Lipinski definition) is 5. The van der Waals surface area contributed by atoms with Gasteiger partial charge >= 0.3 is 27.6 Å². The highest BCUT2D eigenvalue weighted by Gasteiger charge is 2.28. The third-order valence-electron chi connectivity index (χ3n) is 7.66. The topological polar surface area (TPSA) is 216 Å². The summed E-state index contributed by atoms with van der Waals surface area (Å²) in [5, 5.41) is 19.0. The lowest BCUT2D eigenvalue weighted by molar-refractivity contribution is -0.161. The van der Waals surface area contributed by atoms with E-state index in [2.05, 4.69) is 59.4 Å². The minimum Gasteiger partial charge on any atom is -0.462 e. The number of carbonyl (C=O) groups is 2. The van der Waals surface area contributed by atoms with Crippen LogP contribution in [0, 0.1) is 5.92 Å². The summed E-state index contributed by atoms with van der Waals surface area (Å²) in [6.07, 6.45) is 27.3. The maximum Gasteiger partial charge on any atom is 0.472 e. The molecule has 0 aliphatic heterocycles. The van der Waals surface area contributed by atoms with Gasteiger partial charge in [-0.05, 0) is 70.6 Å². The van der Waals surface area contributed by atoms with Crippen LogP contribution < -0.4 is 0 Å². The highest BCUT2D eigenvalue weighted by Crippen LogP contribution is 2.43. The second-order valence-corrected chi connectivity index (χ2v) is 16.3. The molecule has 0 amide bonds. The Hall–Kier alpha value is -1.96. The molecule has 0 aromatic heterocycles. The van der Waals surface area contributed by atoms with Gasteiger partial charge in [-0.3, -0.25) is 23.2 Å². The SMILES string of the molecule is CC(C)CCCCCCCCC(=O)O[C@H](COC(=O)CCC/C=C\C/C=C\C/C=C\C/C=C\CCC[C@@H](C)O)COP(=O)(O)OC[C@@H](O)COP(=O)(O)O. The van der Waals surface area contributed by atoms with Crippen molar-refractivity contribution >= 4 is 27.6 Å². The first-order chi connectivity index (χ1) is 25.6. The van der Waals surface area contributed by atoms with Gasteiger partial charge in [0, 0.05) is 12.8 Å². The minimum absolute atomic E-state index is 0.106. The molecule has 0 rings (SSSR count). The number of phosphoric acid groups is 2. The molecule has 0 aliphatic rings. The lowest BCUT2D eigenvalue weighted by atomic mass is 10.0. The maximum absolute atomic E-state index is 12.5. The van der Waals surface area contributed by atoms with E-state index < -0.39 is 66.2 Å². The van der Waals surface area contributed by atoms with Crippen LogP contribution in [0.3, 0.4) is 0 Å². The first kappa shape index (κ1) is 52.0. The number of aliphatic hydroxyl groups is 2. The number of allylic oxidation sites excluding steroid dienone is 8. The van der Waals surface area contributed by atoms with Crippen LogP contribution in [0.2, 0.25) is 0 Å². The average Bonchev–Trinajstić information content (AvgIpc) is 3.09. The van der Waals surface area contributed by atoms with Crippen molar-refractivity contribution in [2.45, 2.75) is 148 Å². The molecule has 0 aromatic rings. The Morgan fingerprint density at radius 1 is 0.574 bits per heavy atom. The molecule has 5 N–H and O–H groups in total. The van der Waals surface area contributed by atoms with E-state index in [1.165, 1.54) is 12.8 Å². The number of carbonyl (C=O) groups excluding carboxylic acids is 2. The second kappa shape index (κ2) is 33.2. The summed E-state index contributed by atoms with van der Waals surface area (Å²) < 4.78 is 47.4. The highest BCUT2D eigenvalue weighted by molar-refractivity contribution is 7.47. The van der Waals surface area contributed by atoms with E-state index in [-0.39, 0.29) is 18.9 Å². The van der Waals surface area contributed by atoms with Gasteiger partial charge in [0.2, 0.25) is 0 Å². The van der Waals surface area contributed by atoms with Crippen LogP contribution >= 0.6 is 15.6 Å². The van der Waals surface area contributed by atoms with E-state index in [4.69, 9.17) is 23.8 Å². The lowest BCUT2D eigenvalue weighted by Crippen LogP contribution is -2.30. The van der Waals surface area contributed by atoms with Crippen molar-refractivity contribution in [3.8, 4) is 0 Å². The summed E-state index contributed by atoms with van der Waals surface area (Å²) in [7, 11) is -9.68. The largest absolute Gasteiger partial charge is 0.472 e. The quantitative estimate of drug-likeness (QED) is 0.0178. The lowest BCUT2D eigenvalue weighted by Gasteiger charge is -2.20. The fourth-order valence-electron chi connectivity index (χ4n) is 4.72. The molecule has 14 nitrogen and oxygen atoms in total. The molecule has 314 valence electrons. The molecule has 0 aromatic carbocycles. The van der Waals surface area contributed by atoms with E-state index in [0.717, 1.165) is 64.2 Å². The monoisotopic (exact) mass is 810 g/mol. The van der Waals surface area contributed by atoms with Gasteiger partial charge in [-0.15, -0.1) is 0 Å². The van der Waals surface area contributed by atoms with E-state index in [1.54, 1.807) is 6.92 Å². The zero-order chi connectivity index (χ0) is 40.5. The van der Waals surface area contributed by atoms with E-state index in [1.807, 2.05) is 12.2 Å². The molecule has 0 radical (unpaired) electrons.